The molecule has 2 N–H and O–H groups in total. The number of hydrogen-bond donors (Lipinski definition) is 2. The summed E-state index contributed by atoms with van der Waals surface area (Å²) in [6.45, 7) is 7.02. The summed E-state index contributed by atoms with van der Waals surface area (Å²) in [6, 6.07) is 8.83. The minimum atomic E-state index is -0.137. The van der Waals surface area contributed by atoms with E-state index in [9.17, 15) is 5.11 Å². The van der Waals surface area contributed by atoms with Gasteiger partial charge in [0.2, 0.25) is 0 Å². The first-order chi connectivity index (χ1) is 14.0. The van der Waals surface area contributed by atoms with E-state index in [2.05, 4.69) is 76.3 Å². The van der Waals surface area contributed by atoms with Crippen molar-refractivity contribution >= 4 is 33.1 Å². The summed E-state index contributed by atoms with van der Waals surface area (Å²) < 4.78 is 2.70. The molecule has 152 valence electrons. The number of rotatable bonds is 7. The molecule has 1 fully saturated rings. The molecular weight excluding hydrogens is 430 g/mol. The van der Waals surface area contributed by atoms with Crippen LogP contribution in [-0.4, -0.2) is 37.8 Å². The number of fused-ring (bicyclic) bond motifs is 1. The van der Waals surface area contributed by atoms with Crippen molar-refractivity contribution in [3.63, 3.8) is 0 Å². The van der Waals surface area contributed by atoms with Crippen molar-refractivity contribution < 1.29 is 5.11 Å². The number of aliphatic hydroxyl groups is 1. The minimum absolute atomic E-state index is 0.137. The average Bonchev–Trinajstić information content (AvgIpc) is 3.43. The van der Waals surface area contributed by atoms with Gasteiger partial charge >= 0.3 is 0 Å². The molecule has 1 aliphatic rings. The molecule has 0 bridgehead atoms. The van der Waals surface area contributed by atoms with E-state index in [4.69, 9.17) is 4.99 Å². The Hall–Kier alpha value is -2.25. The number of aliphatic hydroxyl groups excluding tert-OH is 1. The third-order valence-electron chi connectivity index (χ3n) is 4.98. The number of anilines is 1. The fraction of sp³-hybridized carbons (Fsp3) is 0.409. The first-order valence-electron chi connectivity index (χ1n) is 10.0. The highest BCUT2D eigenvalue weighted by atomic mass is 79.9. The normalized spacial score (nSPS) is 14.8. The van der Waals surface area contributed by atoms with E-state index < -0.39 is 0 Å². The maximum Gasteiger partial charge on any atom is 0.181 e. The van der Waals surface area contributed by atoms with Gasteiger partial charge in [-0.2, -0.15) is 0 Å². The summed E-state index contributed by atoms with van der Waals surface area (Å²) in [4.78, 5) is 14.0. The van der Waals surface area contributed by atoms with Gasteiger partial charge in [0.1, 0.15) is 4.60 Å². The van der Waals surface area contributed by atoms with Crippen LogP contribution in [0.3, 0.4) is 0 Å². The Labute approximate surface area is 179 Å². The number of aromatic nitrogens is 3. The molecule has 0 aliphatic heterocycles. The molecule has 1 aromatic carbocycles. The van der Waals surface area contributed by atoms with Gasteiger partial charge in [0.05, 0.1) is 24.0 Å². The Morgan fingerprint density at radius 1 is 1.28 bits per heavy atom. The second-order valence-corrected chi connectivity index (χ2v) is 8.78. The van der Waals surface area contributed by atoms with Gasteiger partial charge in [0, 0.05) is 24.0 Å². The summed E-state index contributed by atoms with van der Waals surface area (Å²) in [5, 5.41) is 13.3. The van der Waals surface area contributed by atoms with E-state index in [1.807, 2.05) is 10.6 Å². The van der Waals surface area contributed by atoms with E-state index in [-0.39, 0.29) is 6.61 Å². The van der Waals surface area contributed by atoms with Crippen LogP contribution in [0.5, 0.6) is 0 Å². The lowest BCUT2D eigenvalue weighted by molar-refractivity contribution is 0.278. The molecular formula is C22H26BrN5O. The highest BCUT2D eigenvalue weighted by Crippen LogP contribution is 2.30. The Bertz CT molecular complexity index is 1050. The van der Waals surface area contributed by atoms with Crippen molar-refractivity contribution in [2.45, 2.75) is 46.3 Å². The summed E-state index contributed by atoms with van der Waals surface area (Å²) >= 11 is 3.51. The first kappa shape index (κ1) is 20.0. The zero-order valence-electron chi connectivity index (χ0n) is 17.0. The lowest BCUT2D eigenvalue weighted by atomic mass is 10.1. The van der Waals surface area contributed by atoms with Gasteiger partial charge in [-0.25, -0.2) is 9.97 Å². The van der Waals surface area contributed by atoms with E-state index >= 15 is 0 Å². The molecule has 4 rings (SSSR count). The molecule has 0 unspecified atom stereocenters. The number of benzene rings is 1. The number of hydrogen-bond acceptors (Lipinski definition) is 5. The third-order valence-corrected chi connectivity index (χ3v) is 5.36. The van der Waals surface area contributed by atoms with Crippen LogP contribution in [-0.2, 0) is 6.61 Å². The molecule has 29 heavy (non-hydrogen) atoms. The molecule has 1 saturated carbocycles. The number of nitrogens with one attached hydrogen (secondary N) is 1. The van der Waals surface area contributed by atoms with Crippen molar-refractivity contribution in [2.75, 3.05) is 11.9 Å². The van der Waals surface area contributed by atoms with Crippen LogP contribution in [0.25, 0.3) is 16.9 Å². The zero-order chi connectivity index (χ0) is 20.5. The smallest absolute Gasteiger partial charge is 0.181 e. The molecule has 3 aromatic rings. The molecule has 2 aromatic heterocycles. The van der Waals surface area contributed by atoms with Crippen LogP contribution in [0.1, 0.15) is 44.9 Å². The fourth-order valence-electron chi connectivity index (χ4n) is 3.32. The van der Waals surface area contributed by atoms with Gasteiger partial charge in [-0.3, -0.25) is 9.39 Å². The minimum Gasteiger partial charge on any atom is -0.390 e. The molecule has 0 amide bonds. The lowest BCUT2D eigenvalue weighted by Gasteiger charge is -2.11. The van der Waals surface area contributed by atoms with Gasteiger partial charge in [-0.05, 0) is 47.2 Å². The van der Waals surface area contributed by atoms with Crippen molar-refractivity contribution in [3.8, 4) is 11.3 Å². The molecule has 0 atom stereocenters. The Kier molecular flexibility index (Phi) is 5.69. The molecule has 0 saturated heterocycles. The number of aliphatic imine (C=N–C) groups is 1. The second kappa shape index (κ2) is 8.24. The number of imidazole rings is 1. The molecule has 0 spiro atoms. The molecule has 2 heterocycles. The van der Waals surface area contributed by atoms with Gasteiger partial charge in [-0.15, -0.1) is 0 Å². The quantitative estimate of drug-likeness (QED) is 0.506. The monoisotopic (exact) mass is 455 g/mol. The van der Waals surface area contributed by atoms with Crippen LogP contribution in [0.4, 0.5) is 5.82 Å². The summed E-state index contributed by atoms with van der Waals surface area (Å²) in [7, 11) is 0. The molecule has 1 aliphatic carbocycles. The summed E-state index contributed by atoms with van der Waals surface area (Å²) in [6.07, 6.45) is 4.30. The van der Waals surface area contributed by atoms with Gasteiger partial charge in [0.15, 0.2) is 11.5 Å². The maximum atomic E-state index is 9.96. The number of halogens is 1. The van der Waals surface area contributed by atoms with Crippen LogP contribution in [0.15, 0.2) is 40.1 Å². The average molecular weight is 456 g/mol. The zero-order valence-corrected chi connectivity index (χ0v) is 18.6. The topological polar surface area (TPSA) is 74.8 Å². The van der Waals surface area contributed by atoms with Crippen molar-refractivity contribution in [1.82, 2.24) is 14.4 Å². The second-order valence-electron chi connectivity index (χ2n) is 7.97. The third kappa shape index (κ3) is 4.36. The van der Waals surface area contributed by atoms with E-state index in [0.29, 0.717) is 33.7 Å². The largest absolute Gasteiger partial charge is 0.390 e. The fourth-order valence-corrected chi connectivity index (χ4v) is 3.70. The van der Waals surface area contributed by atoms with E-state index in [0.717, 1.165) is 29.1 Å². The van der Waals surface area contributed by atoms with Crippen LogP contribution in [0, 0.1) is 5.92 Å². The highest BCUT2D eigenvalue weighted by Gasteiger charge is 2.21. The summed E-state index contributed by atoms with van der Waals surface area (Å²) in [5.41, 5.74) is 5.42. The van der Waals surface area contributed by atoms with Crippen LogP contribution in [0.2, 0.25) is 0 Å². The van der Waals surface area contributed by atoms with Crippen molar-refractivity contribution in [3.05, 3.63) is 46.3 Å². The Morgan fingerprint density at radius 3 is 2.62 bits per heavy atom. The summed E-state index contributed by atoms with van der Waals surface area (Å²) in [5.74, 6) is 1.19. The first-order valence-corrected chi connectivity index (χ1v) is 10.8. The molecule has 7 heteroatoms. The maximum absolute atomic E-state index is 9.96. The predicted molar refractivity (Wildman–Crippen MR) is 121 cm³/mol. The Morgan fingerprint density at radius 2 is 2.00 bits per heavy atom. The standard InChI is InChI=1S/C22H26BrN5O/c1-13(2)10-24-21-22-26-18(12-29)20(28(22)11-19(23)27-21)16-6-4-15(5-7-16)14(3)25-17-8-9-17/h4-7,11,13,17,29H,8-10,12H2,1-3H3,(H,24,27). The van der Waals surface area contributed by atoms with E-state index in [1.165, 1.54) is 12.8 Å². The van der Waals surface area contributed by atoms with Crippen LogP contribution >= 0.6 is 15.9 Å². The molecule has 6 nitrogen and oxygen atoms in total. The van der Waals surface area contributed by atoms with E-state index in [1.54, 1.807) is 0 Å². The van der Waals surface area contributed by atoms with Gasteiger partial charge in [-0.1, -0.05) is 38.1 Å². The predicted octanol–water partition coefficient (Wildman–Crippen LogP) is 4.69. The van der Waals surface area contributed by atoms with Crippen molar-refractivity contribution in [1.29, 1.82) is 0 Å². The van der Waals surface area contributed by atoms with Gasteiger partial charge < -0.3 is 10.4 Å². The lowest BCUT2D eigenvalue weighted by Crippen LogP contribution is -2.10. The number of nitrogens with zero attached hydrogens (tertiary/aromatic N) is 4. The van der Waals surface area contributed by atoms with Crippen LogP contribution < -0.4 is 5.32 Å². The SMILES string of the molecule is CC(=NC1CC1)c1ccc(-c2c(CO)nc3c(NCC(C)C)nc(Br)cn23)cc1. The highest BCUT2D eigenvalue weighted by molar-refractivity contribution is 9.10. The molecule has 0 radical (unpaired) electrons. The Balaban J connectivity index is 1.76. The van der Waals surface area contributed by atoms with Crippen molar-refractivity contribution in [2.24, 2.45) is 10.9 Å². The van der Waals surface area contributed by atoms with Gasteiger partial charge in [0.25, 0.3) is 0 Å².